The zero-order valence-corrected chi connectivity index (χ0v) is 21.5. The number of ether oxygens (including phenoxy) is 1. The van der Waals surface area contributed by atoms with E-state index in [2.05, 4.69) is 10.6 Å². The molecule has 17 heteroatoms. The zero-order valence-electron chi connectivity index (χ0n) is 20.7. The topological polar surface area (TPSA) is 125 Å². The number of alkyl carbamates (subject to hydrolysis) is 1. The lowest BCUT2D eigenvalue weighted by Crippen LogP contribution is -2.54. The molecule has 224 valence electrons. The lowest BCUT2D eigenvalue weighted by atomic mass is 9.87. The molecular formula is C24H22F7N3O6S. The lowest BCUT2D eigenvalue weighted by molar-refractivity contribution is -0.376. The average molecular weight is 614 g/mol. The number of aryl methyl sites for hydroxylation is 1. The Bertz CT molecular complexity index is 1420. The van der Waals surface area contributed by atoms with Crippen LogP contribution in [0, 0.1) is 5.82 Å². The van der Waals surface area contributed by atoms with Gasteiger partial charge >= 0.3 is 18.4 Å². The van der Waals surface area contributed by atoms with Gasteiger partial charge in [0.1, 0.15) is 11.9 Å². The van der Waals surface area contributed by atoms with Gasteiger partial charge in [-0.25, -0.2) is 17.6 Å². The average Bonchev–Trinajstić information content (AvgIpc) is 3.30. The Morgan fingerprint density at radius 1 is 1.07 bits per heavy atom. The fourth-order valence-electron chi connectivity index (χ4n) is 4.64. The first-order valence-electron chi connectivity index (χ1n) is 12.0. The highest BCUT2D eigenvalue weighted by Gasteiger charge is 2.71. The summed E-state index contributed by atoms with van der Waals surface area (Å²) in [5.41, 5.74) is -7.37. The third-order valence-corrected chi connectivity index (χ3v) is 8.58. The molecule has 4 rings (SSSR count). The molecule has 2 aliphatic rings. The van der Waals surface area contributed by atoms with Crippen LogP contribution < -0.4 is 14.9 Å². The number of carbonyl (C=O) groups excluding carboxylic acids is 2. The van der Waals surface area contributed by atoms with Gasteiger partial charge in [-0.05, 0) is 48.7 Å². The normalized spacial score (nSPS) is 19.8. The van der Waals surface area contributed by atoms with Gasteiger partial charge in [0.2, 0.25) is 5.91 Å². The number of sulfonamides is 1. The summed E-state index contributed by atoms with van der Waals surface area (Å²) >= 11 is 0. The van der Waals surface area contributed by atoms with Crippen molar-refractivity contribution in [3.63, 3.8) is 0 Å². The molecule has 2 aromatic rings. The van der Waals surface area contributed by atoms with Gasteiger partial charge in [-0.1, -0.05) is 12.1 Å². The third kappa shape index (κ3) is 5.77. The largest absolute Gasteiger partial charge is 0.442 e. The Morgan fingerprint density at radius 2 is 1.71 bits per heavy atom. The molecule has 0 saturated carbocycles. The van der Waals surface area contributed by atoms with Crippen LogP contribution in [0.2, 0.25) is 0 Å². The van der Waals surface area contributed by atoms with Crippen LogP contribution in [0.5, 0.6) is 0 Å². The molecular weight excluding hydrogens is 591 g/mol. The first kappa shape index (κ1) is 30.4. The van der Waals surface area contributed by atoms with E-state index < -0.39 is 74.8 Å². The number of rotatable bonds is 7. The van der Waals surface area contributed by atoms with E-state index in [-0.39, 0.29) is 37.2 Å². The van der Waals surface area contributed by atoms with Crippen LogP contribution in [0.1, 0.15) is 24.0 Å². The van der Waals surface area contributed by atoms with Crippen molar-refractivity contribution in [3.8, 4) is 0 Å². The molecule has 0 aliphatic carbocycles. The summed E-state index contributed by atoms with van der Waals surface area (Å²) in [6, 6.07) is 3.80. The predicted molar refractivity (Wildman–Crippen MR) is 127 cm³/mol. The van der Waals surface area contributed by atoms with Crippen molar-refractivity contribution in [2.45, 2.75) is 54.3 Å². The predicted octanol–water partition coefficient (Wildman–Crippen LogP) is 3.26. The Labute approximate surface area is 228 Å². The fourth-order valence-corrected chi connectivity index (χ4v) is 6.36. The Kier molecular flexibility index (Phi) is 7.90. The minimum atomic E-state index is -6.15. The Balaban J connectivity index is 1.72. The second-order valence-corrected chi connectivity index (χ2v) is 11.2. The second kappa shape index (κ2) is 10.7. The first-order chi connectivity index (χ1) is 18.9. The fraction of sp³-hybridized carbons (Fsp3) is 0.417. The number of aliphatic hydroxyl groups is 1. The number of cyclic esters (lactones) is 1. The monoisotopic (exact) mass is 613 g/mol. The smallest absolute Gasteiger partial charge is 0.430 e. The third-order valence-electron chi connectivity index (χ3n) is 6.70. The van der Waals surface area contributed by atoms with Gasteiger partial charge in [0, 0.05) is 12.0 Å². The van der Waals surface area contributed by atoms with Crippen LogP contribution in [0.15, 0.2) is 47.4 Å². The summed E-state index contributed by atoms with van der Waals surface area (Å²) in [5, 5.41) is 14.7. The summed E-state index contributed by atoms with van der Waals surface area (Å²) < 4.78 is 127. The Morgan fingerprint density at radius 3 is 2.27 bits per heavy atom. The van der Waals surface area contributed by atoms with E-state index in [9.17, 15) is 53.8 Å². The maximum Gasteiger partial charge on any atom is 0.430 e. The number of hydrogen-bond acceptors (Lipinski definition) is 6. The molecule has 1 fully saturated rings. The second-order valence-electron chi connectivity index (χ2n) is 9.41. The number of hydrogen-bond donors (Lipinski definition) is 3. The van der Waals surface area contributed by atoms with Gasteiger partial charge < -0.3 is 20.5 Å². The van der Waals surface area contributed by atoms with Crippen molar-refractivity contribution in [2.24, 2.45) is 0 Å². The number of halogens is 7. The molecule has 2 amide bonds. The first-order valence-corrected chi connectivity index (χ1v) is 13.4. The van der Waals surface area contributed by atoms with Crippen LogP contribution in [0.3, 0.4) is 0 Å². The molecule has 2 heterocycles. The van der Waals surface area contributed by atoms with E-state index in [1.54, 1.807) is 0 Å². The molecule has 0 aromatic heterocycles. The standard InChI is InChI=1S/C24H22F7N3O6S/c25-15-3-6-18(7-4-15)41(38,39)34-16(10-20(35)32-11-17-12-33-21(36)40-17)5-1-13-9-14(2-8-19(13)34)22(37,23(26,27)28)24(29,30)31/h2-4,6-9,16-17,37H,1,5,10-12H2,(H,32,35)(H,33,36). The summed E-state index contributed by atoms with van der Waals surface area (Å²) in [6.45, 7) is 0.00788. The Hall–Kier alpha value is -3.60. The number of fused-ring (bicyclic) bond motifs is 1. The highest BCUT2D eigenvalue weighted by Crippen LogP contribution is 2.51. The molecule has 0 radical (unpaired) electrons. The van der Waals surface area contributed by atoms with Crippen molar-refractivity contribution >= 4 is 27.7 Å². The molecule has 1 saturated heterocycles. The lowest BCUT2D eigenvalue weighted by Gasteiger charge is -2.39. The number of benzene rings is 2. The van der Waals surface area contributed by atoms with Crippen LogP contribution >= 0.6 is 0 Å². The van der Waals surface area contributed by atoms with E-state index in [4.69, 9.17) is 4.74 Å². The highest BCUT2D eigenvalue weighted by atomic mass is 32.2. The van der Waals surface area contributed by atoms with Crippen molar-refractivity contribution in [3.05, 3.63) is 59.4 Å². The van der Waals surface area contributed by atoms with E-state index in [0.29, 0.717) is 22.5 Å². The summed E-state index contributed by atoms with van der Waals surface area (Å²) in [6.07, 6.45) is -14.6. The SMILES string of the molecule is O=C(CC1CCc2cc(C(O)(C(F)(F)F)C(F)(F)F)ccc2N1S(=O)(=O)c1ccc(F)cc1)NCC1CNC(=O)O1. The number of carbonyl (C=O) groups is 2. The molecule has 0 bridgehead atoms. The van der Waals surface area contributed by atoms with Crippen LogP contribution in [-0.2, 0) is 31.6 Å². The molecule has 3 N–H and O–H groups in total. The molecule has 2 atom stereocenters. The molecule has 0 spiro atoms. The molecule has 2 aliphatic heterocycles. The summed E-state index contributed by atoms with van der Waals surface area (Å²) in [7, 11) is -4.63. The number of anilines is 1. The van der Waals surface area contributed by atoms with Crippen LogP contribution in [-0.4, -0.2) is 63.1 Å². The quantitative estimate of drug-likeness (QED) is 0.412. The van der Waals surface area contributed by atoms with Crippen LogP contribution in [0.25, 0.3) is 0 Å². The number of amides is 2. The highest BCUT2D eigenvalue weighted by molar-refractivity contribution is 7.92. The van der Waals surface area contributed by atoms with E-state index >= 15 is 0 Å². The molecule has 41 heavy (non-hydrogen) atoms. The maximum atomic E-state index is 13.7. The van der Waals surface area contributed by atoms with Crippen molar-refractivity contribution in [1.29, 1.82) is 0 Å². The van der Waals surface area contributed by atoms with Crippen molar-refractivity contribution in [1.82, 2.24) is 10.6 Å². The summed E-state index contributed by atoms with van der Waals surface area (Å²) in [4.78, 5) is 23.4. The van der Waals surface area contributed by atoms with Crippen LogP contribution in [0.4, 0.5) is 41.2 Å². The van der Waals surface area contributed by atoms with Gasteiger partial charge in [-0.2, -0.15) is 26.3 Å². The minimum Gasteiger partial charge on any atom is -0.442 e. The van der Waals surface area contributed by atoms with Crippen molar-refractivity contribution < 1.29 is 58.6 Å². The van der Waals surface area contributed by atoms with Gasteiger partial charge in [0.15, 0.2) is 0 Å². The number of nitrogens with zero attached hydrogens (tertiary/aromatic N) is 1. The molecule has 2 unspecified atom stereocenters. The minimum absolute atomic E-state index is 0.109. The number of nitrogens with one attached hydrogen (secondary N) is 2. The van der Waals surface area contributed by atoms with Gasteiger partial charge in [0.05, 0.1) is 29.7 Å². The van der Waals surface area contributed by atoms with Gasteiger partial charge in [0.25, 0.3) is 15.6 Å². The van der Waals surface area contributed by atoms with E-state index in [1.807, 2.05) is 0 Å². The summed E-state index contributed by atoms with van der Waals surface area (Å²) in [5.74, 6) is -1.45. The number of alkyl halides is 6. The van der Waals surface area contributed by atoms with Gasteiger partial charge in [-0.3, -0.25) is 9.10 Å². The van der Waals surface area contributed by atoms with E-state index in [1.165, 1.54) is 0 Å². The van der Waals surface area contributed by atoms with Crippen molar-refractivity contribution in [2.75, 3.05) is 17.4 Å². The van der Waals surface area contributed by atoms with E-state index in [0.717, 1.165) is 24.3 Å². The zero-order chi connectivity index (χ0) is 30.4. The molecule has 2 aromatic carbocycles. The molecule has 9 nitrogen and oxygen atoms in total. The van der Waals surface area contributed by atoms with Gasteiger partial charge in [-0.15, -0.1) is 0 Å². The maximum absolute atomic E-state index is 13.7.